The fourth-order valence-electron chi connectivity index (χ4n) is 2.12. The number of pyridine rings is 1. The second-order valence-electron chi connectivity index (χ2n) is 5.29. The van der Waals surface area contributed by atoms with Crippen molar-refractivity contribution in [1.82, 2.24) is 9.97 Å². The Balaban J connectivity index is 1.60. The van der Waals surface area contributed by atoms with Gasteiger partial charge in [-0.1, -0.05) is 41.9 Å². The second-order valence-corrected chi connectivity index (χ2v) is 6.72. The SMILES string of the molecule is Cc1nc(-c2ccccc2)sc1C(=O)OCC(=O)Nc1ccc(Cl)cn1. The van der Waals surface area contributed by atoms with Crippen LogP contribution in [-0.4, -0.2) is 28.5 Å². The maximum atomic E-state index is 12.2. The number of ether oxygens (including phenoxy) is 1. The van der Waals surface area contributed by atoms with Gasteiger partial charge in [0.15, 0.2) is 6.61 Å². The lowest BCUT2D eigenvalue weighted by molar-refractivity contribution is -0.119. The number of nitrogens with one attached hydrogen (secondary N) is 1. The number of aromatic nitrogens is 2. The molecule has 6 nitrogen and oxygen atoms in total. The fraction of sp³-hybridized carbons (Fsp3) is 0.111. The Hall–Kier alpha value is -2.77. The molecule has 0 saturated heterocycles. The summed E-state index contributed by atoms with van der Waals surface area (Å²) in [6, 6.07) is 12.7. The number of benzene rings is 1. The molecule has 0 bridgehead atoms. The predicted octanol–water partition coefficient (Wildman–Crippen LogP) is 3.96. The van der Waals surface area contributed by atoms with Gasteiger partial charge in [0.2, 0.25) is 0 Å². The molecule has 0 aliphatic carbocycles. The van der Waals surface area contributed by atoms with E-state index in [2.05, 4.69) is 15.3 Å². The predicted molar refractivity (Wildman–Crippen MR) is 100 cm³/mol. The van der Waals surface area contributed by atoms with Gasteiger partial charge in [-0.3, -0.25) is 4.79 Å². The molecule has 0 fully saturated rings. The van der Waals surface area contributed by atoms with Gasteiger partial charge in [-0.15, -0.1) is 11.3 Å². The van der Waals surface area contributed by atoms with Gasteiger partial charge in [-0.05, 0) is 19.1 Å². The van der Waals surface area contributed by atoms with Crippen LogP contribution in [0.4, 0.5) is 5.82 Å². The number of amides is 1. The smallest absolute Gasteiger partial charge is 0.350 e. The number of carbonyl (C=O) groups excluding carboxylic acids is 2. The summed E-state index contributed by atoms with van der Waals surface area (Å²) in [5, 5.41) is 3.71. The molecule has 26 heavy (non-hydrogen) atoms. The van der Waals surface area contributed by atoms with Gasteiger partial charge in [0, 0.05) is 11.8 Å². The van der Waals surface area contributed by atoms with Crippen LogP contribution in [0.2, 0.25) is 5.02 Å². The number of carbonyl (C=O) groups is 2. The molecule has 2 heterocycles. The molecule has 0 saturated carbocycles. The van der Waals surface area contributed by atoms with E-state index in [0.717, 1.165) is 10.6 Å². The number of esters is 1. The zero-order chi connectivity index (χ0) is 18.5. The van der Waals surface area contributed by atoms with E-state index in [9.17, 15) is 9.59 Å². The first-order valence-corrected chi connectivity index (χ1v) is 8.84. The van der Waals surface area contributed by atoms with E-state index in [1.165, 1.54) is 17.5 Å². The number of anilines is 1. The molecule has 0 unspecified atom stereocenters. The average molecular weight is 388 g/mol. The van der Waals surface area contributed by atoms with Crippen LogP contribution < -0.4 is 5.32 Å². The Kier molecular flexibility index (Phi) is 5.60. The van der Waals surface area contributed by atoms with E-state index in [0.29, 0.717) is 21.4 Å². The minimum absolute atomic E-state index is 0.329. The highest BCUT2D eigenvalue weighted by Gasteiger charge is 2.18. The molecule has 0 aliphatic heterocycles. The van der Waals surface area contributed by atoms with Crippen molar-refractivity contribution in [3.8, 4) is 10.6 Å². The highest BCUT2D eigenvalue weighted by atomic mass is 35.5. The zero-order valence-electron chi connectivity index (χ0n) is 13.7. The Bertz CT molecular complexity index is 927. The van der Waals surface area contributed by atoms with Crippen LogP contribution in [0.1, 0.15) is 15.4 Å². The Labute approximate surface area is 158 Å². The largest absolute Gasteiger partial charge is 0.451 e. The Morgan fingerprint density at radius 3 is 2.65 bits per heavy atom. The molecule has 1 amide bonds. The number of rotatable bonds is 5. The summed E-state index contributed by atoms with van der Waals surface area (Å²) in [5.74, 6) is -0.740. The molecule has 132 valence electrons. The summed E-state index contributed by atoms with van der Waals surface area (Å²) in [6.45, 7) is 1.32. The first kappa shape index (κ1) is 18.0. The number of nitrogens with zero attached hydrogens (tertiary/aromatic N) is 2. The van der Waals surface area contributed by atoms with E-state index in [1.807, 2.05) is 30.3 Å². The lowest BCUT2D eigenvalue weighted by Gasteiger charge is -2.05. The summed E-state index contributed by atoms with van der Waals surface area (Å²) >= 11 is 6.96. The highest BCUT2D eigenvalue weighted by Crippen LogP contribution is 2.28. The molecule has 3 aromatic rings. The number of hydrogen-bond donors (Lipinski definition) is 1. The van der Waals surface area contributed by atoms with Gasteiger partial charge in [-0.2, -0.15) is 0 Å². The summed E-state index contributed by atoms with van der Waals surface area (Å²) in [7, 11) is 0. The van der Waals surface area contributed by atoms with Crippen LogP contribution >= 0.6 is 22.9 Å². The fourth-order valence-corrected chi connectivity index (χ4v) is 3.19. The molecule has 0 aliphatic rings. The Morgan fingerprint density at radius 1 is 1.19 bits per heavy atom. The van der Waals surface area contributed by atoms with Crippen molar-refractivity contribution in [2.45, 2.75) is 6.92 Å². The molecule has 1 aromatic carbocycles. The van der Waals surface area contributed by atoms with Gasteiger partial charge in [-0.25, -0.2) is 14.8 Å². The molecule has 8 heteroatoms. The standard InChI is InChI=1S/C18H14ClN3O3S/c1-11-16(26-17(21-11)12-5-3-2-4-6-12)18(24)25-10-15(23)22-14-8-7-13(19)9-20-14/h2-9H,10H2,1H3,(H,20,22,23). The van der Waals surface area contributed by atoms with Crippen molar-refractivity contribution in [3.63, 3.8) is 0 Å². The summed E-state index contributed by atoms with van der Waals surface area (Å²) in [4.78, 5) is 32.8. The molecule has 1 N–H and O–H groups in total. The minimum Gasteiger partial charge on any atom is -0.451 e. The van der Waals surface area contributed by atoms with Gasteiger partial charge in [0.25, 0.3) is 5.91 Å². The van der Waals surface area contributed by atoms with Crippen LogP contribution in [0.15, 0.2) is 48.7 Å². The first-order chi connectivity index (χ1) is 12.5. The summed E-state index contributed by atoms with van der Waals surface area (Å²) in [5.41, 5.74) is 1.49. The molecule has 2 aromatic heterocycles. The zero-order valence-corrected chi connectivity index (χ0v) is 15.3. The third-order valence-electron chi connectivity index (χ3n) is 3.33. The van der Waals surface area contributed by atoms with Crippen LogP contribution in [0.3, 0.4) is 0 Å². The highest BCUT2D eigenvalue weighted by molar-refractivity contribution is 7.17. The Morgan fingerprint density at radius 2 is 1.96 bits per heavy atom. The van der Waals surface area contributed by atoms with Crippen LogP contribution in [0.25, 0.3) is 10.6 Å². The van der Waals surface area contributed by atoms with Gasteiger partial charge in [0.1, 0.15) is 15.7 Å². The lowest BCUT2D eigenvalue weighted by Crippen LogP contribution is -2.21. The molecule has 3 rings (SSSR count). The number of halogens is 1. The second kappa shape index (κ2) is 8.07. The maximum Gasteiger partial charge on any atom is 0.350 e. The maximum absolute atomic E-state index is 12.2. The van der Waals surface area contributed by atoms with Crippen molar-refractivity contribution in [2.24, 2.45) is 0 Å². The van der Waals surface area contributed by atoms with E-state index in [1.54, 1.807) is 19.1 Å². The normalized spacial score (nSPS) is 10.4. The molecular formula is C18H14ClN3O3S. The van der Waals surface area contributed by atoms with Gasteiger partial charge < -0.3 is 10.1 Å². The van der Waals surface area contributed by atoms with Crippen molar-refractivity contribution in [3.05, 3.63) is 64.3 Å². The van der Waals surface area contributed by atoms with Crippen molar-refractivity contribution in [2.75, 3.05) is 11.9 Å². The van der Waals surface area contributed by atoms with Crippen LogP contribution in [0, 0.1) is 6.92 Å². The van der Waals surface area contributed by atoms with E-state index in [4.69, 9.17) is 16.3 Å². The average Bonchev–Trinajstić information content (AvgIpc) is 3.04. The quantitative estimate of drug-likeness (QED) is 0.670. The number of aryl methyl sites for hydroxylation is 1. The third kappa shape index (κ3) is 4.44. The lowest BCUT2D eigenvalue weighted by atomic mass is 10.2. The van der Waals surface area contributed by atoms with Crippen molar-refractivity contribution < 1.29 is 14.3 Å². The van der Waals surface area contributed by atoms with Gasteiger partial charge in [0.05, 0.1) is 10.7 Å². The topological polar surface area (TPSA) is 81.2 Å². The summed E-state index contributed by atoms with van der Waals surface area (Å²) in [6.07, 6.45) is 1.41. The minimum atomic E-state index is -0.582. The van der Waals surface area contributed by atoms with Crippen LogP contribution in [0.5, 0.6) is 0 Å². The monoisotopic (exact) mass is 387 g/mol. The summed E-state index contributed by atoms with van der Waals surface area (Å²) < 4.78 is 5.08. The molecule has 0 radical (unpaired) electrons. The molecule has 0 atom stereocenters. The van der Waals surface area contributed by atoms with Crippen LogP contribution in [-0.2, 0) is 9.53 Å². The first-order valence-electron chi connectivity index (χ1n) is 7.64. The van der Waals surface area contributed by atoms with E-state index < -0.39 is 18.5 Å². The van der Waals surface area contributed by atoms with Crippen molar-refractivity contribution >= 4 is 40.6 Å². The third-order valence-corrected chi connectivity index (χ3v) is 4.74. The van der Waals surface area contributed by atoms with E-state index in [-0.39, 0.29) is 0 Å². The van der Waals surface area contributed by atoms with Crippen molar-refractivity contribution in [1.29, 1.82) is 0 Å². The molecule has 0 spiro atoms. The molecular weight excluding hydrogens is 374 g/mol. The van der Waals surface area contributed by atoms with Gasteiger partial charge >= 0.3 is 5.97 Å². The van der Waals surface area contributed by atoms with E-state index >= 15 is 0 Å². The number of thiazole rings is 1. The number of hydrogen-bond acceptors (Lipinski definition) is 6.